The van der Waals surface area contributed by atoms with Gasteiger partial charge in [-0.15, -0.1) is 0 Å². The predicted octanol–water partition coefficient (Wildman–Crippen LogP) is 4.52. The van der Waals surface area contributed by atoms with Crippen LogP contribution >= 0.6 is 11.6 Å². The summed E-state index contributed by atoms with van der Waals surface area (Å²) in [6, 6.07) is 16.1. The van der Waals surface area contributed by atoms with E-state index in [1.165, 1.54) is 43.5 Å². The number of aliphatic imine (C=N–C) groups is 1. The maximum absolute atomic E-state index is 14.1. The molecule has 21 nitrogen and oxygen atoms in total. The number of carboxylic acid groups (broad SMARTS) is 1. The van der Waals surface area contributed by atoms with Crippen molar-refractivity contribution in [2.45, 2.75) is 28.7 Å². The van der Waals surface area contributed by atoms with Crippen molar-refractivity contribution in [1.29, 1.82) is 5.41 Å². The molecule has 1 saturated heterocycles. The summed E-state index contributed by atoms with van der Waals surface area (Å²) in [6.45, 7) is 1.70. The lowest BCUT2D eigenvalue weighted by molar-refractivity contribution is -0.136. The van der Waals surface area contributed by atoms with Crippen LogP contribution in [0.3, 0.4) is 0 Å². The minimum atomic E-state index is -5.24. The highest BCUT2D eigenvalue weighted by Crippen LogP contribution is 2.46. The quantitative estimate of drug-likeness (QED) is 0.0259. The molecule has 0 saturated carbocycles. The fraction of sp³-hybridized carbons (Fsp3) is 0.213. The van der Waals surface area contributed by atoms with Crippen molar-refractivity contribution >= 4 is 78.1 Å². The van der Waals surface area contributed by atoms with Crippen molar-refractivity contribution in [1.82, 2.24) is 25.4 Å². The third kappa shape index (κ3) is 10.3. The average Bonchev–Trinajstić information content (AvgIpc) is 3.33. The molecule has 0 bridgehead atoms. The topological polar surface area (TPSA) is 325 Å². The van der Waals surface area contributed by atoms with E-state index in [9.17, 15) is 54.6 Å². The summed E-state index contributed by atoms with van der Waals surface area (Å²) in [5.74, 6) is -4.11. The van der Waals surface area contributed by atoms with Gasteiger partial charge in [0.2, 0.25) is 5.91 Å². The lowest BCUT2D eigenvalue weighted by Crippen LogP contribution is -2.50. The molecule has 4 aliphatic rings. The molecule has 0 radical (unpaired) electrons. The van der Waals surface area contributed by atoms with Gasteiger partial charge in [-0.25, -0.2) is 14.0 Å². The summed E-state index contributed by atoms with van der Waals surface area (Å²) in [4.78, 5) is 63.8. The maximum atomic E-state index is 14.1. The van der Waals surface area contributed by atoms with E-state index in [0.717, 1.165) is 24.3 Å². The summed E-state index contributed by atoms with van der Waals surface area (Å²) >= 11 is 6.49. The van der Waals surface area contributed by atoms with Gasteiger partial charge in [0.1, 0.15) is 17.6 Å². The second-order valence-corrected chi connectivity index (χ2v) is 19.6. The first-order valence-electron chi connectivity index (χ1n) is 21.7. The summed E-state index contributed by atoms with van der Waals surface area (Å²) in [7, 11) is -9.19. The van der Waals surface area contributed by atoms with Crippen LogP contribution in [-0.2, 0) is 34.6 Å². The Morgan fingerprint density at radius 2 is 1.68 bits per heavy atom. The number of amides is 2. The van der Waals surface area contributed by atoms with Gasteiger partial charge in [-0.05, 0) is 72.6 Å². The van der Waals surface area contributed by atoms with E-state index in [-0.39, 0.29) is 70.1 Å². The van der Waals surface area contributed by atoms with E-state index in [2.05, 4.69) is 15.6 Å². The zero-order valence-corrected chi connectivity index (χ0v) is 40.1. The van der Waals surface area contributed by atoms with Crippen molar-refractivity contribution in [3.8, 4) is 22.5 Å². The molecule has 72 heavy (non-hydrogen) atoms. The number of methoxy groups -OCH3 is 1. The zero-order chi connectivity index (χ0) is 51.8. The second-order valence-electron chi connectivity index (χ2n) is 16.5. The third-order valence-electron chi connectivity index (χ3n) is 12.0. The van der Waals surface area contributed by atoms with Crippen molar-refractivity contribution in [2.75, 3.05) is 52.1 Å². The number of rotatable bonds is 14. The Bertz CT molecular complexity index is 3550. The van der Waals surface area contributed by atoms with Crippen LogP contribution < -0.4 is 21.7 Å². The molecule has 25 heteroatoms. The number of anilines is 1. The van der Waals surface area contributed by atoms with Gasteiger partial charge in [0.25, 0.3) is 26.1 Å². The normalized spacial score (nSPS) is 15.5. The van der Waals surface area contributed by atoms with E-state index >= 15 is 0 Å². The number of fused-ring (bicyclic) bond motifs is 2. The van der Waals surface area contributed by atoms with Gasteiger partial charge in [-0.3, -0.25) is 39.0 Å². The van der Waals surface area contributed by atoms with Crippen molar-refractivity contribution in [3.63, 3.8) is 0 Å². The van der Waals surface area contributed by atoms with Crippen molar-refractivity contribution in [3.05, 3.63) is 135 Å². The highest BCUT2D eigenvalue weighted by atomic mass is 35.5. The zero-order valence-electron chi connectivity index (χ0n) is 37.7. The van der Waals surface area contributed by atoms with Crippen LogP contribution in [0.25, 0.3) is 33.4 Å². The number of nitrogen functional groups attached to an aromatic ring is 1. The number of hydrogen-bond acceptors (Lipinski definition) is 16. The first-order chi connectivity index (χ1) is 34.2. The number of aromatic carboxylic acids is 1. The van der Waals surface area contributed by atoms with Crippen LogP contribution in [0.5, 0.6) is 0 Å². The van der Waals surface area contributed by atoms with Crippen LogP contribution in [0.1, 0.15) is 50.9 Å². The Morgan fingerprint density at radius 3 is 2.33 bits per heavy atom. The number of piperazine rings is 1. The first-order valence-corrected chi connectivity index (χ1v) is 24.9. The molecular formula is C47H42ClFN8O13S2. The fourth-order valence-corrected chi connectivity index (χ4v) is 10.4. The summed E-state index contributed by atoms with van der Waals surface area (Å²) in [6.07, 6.45) is 1.84. The highest BCUT2D eigenvalue weighted by molar-refractivity contribution is 7.86. The Hall–Kier alpha value is -7.61. The number of pyridine rings is 1. The van der Waals surface area contributed by atoms with Crippen molar-refractivity contribution in [2.24, 2.45) is 4.99 Å². The number of halogens is 2. The lowest BCUT2D eigenvalue weighted by atomic mass is 9.89. The van der Waals surface area contributed by atoms with Gasteiger partial charge >= 0.3 is 11.9 Å². The molecule has 8 rings (SSSR count). The lowest BCUT2D eigenvalue weighted by Gasteiger charge is -2.36. The van der Waals surface area contributed by atoms with Gasteiger partial charge in [-0.2, -0.15) is 16.8 Å². The minimum absolute atomic E-state index is 0.00733. The van der Waals surface area contributed by atoms with Crippen LogP contribution in [0.2, 0.25) is 5.02 Å². The number of carbonyl (C=O) groups is 4. The monoisotopic (exact) mass is 1040 g/mol. The third-order valence-corrected chi connectivity index (χ3v) is 14.1. The molecule has 1 aromatic heterocycles. The number of carbonyl (C=O) groups excluding carboxylic acids is 3. The molecule has 1 aliphatic carbocycles. The van der Waals surface area contributed by atoms with E-state index < -0.39 is 87.7 Å². The van der Waals surface area contributed by atoms with Crippen molar-refractivity contribution < 1.29 is 63.8 Å². The molecule has 1 fully saturated rings. The SMILES string of the molecule is COC(=O)C1=C(CN2CCN(C(=O)CCCNC(=O)c3ccc(-c4c5ccc(=N)c(S(=O)(=O)O)c-5oc5c(S(=O)(=O)O)c(N)ccc45)c(C(=O)O)c3)CC2)NC(c2ccccn2)=NC1c1ccc(F)cc1Cl. The first kappa shape index (κ1) is 50.8. The Balaban J connectivity index is 0.952. The molecule has 4 heterocycles. The number of benzene rings is 4. The number of nitrogens with one attached hydrogen (secondary N) is 3. The molecule has 4 aromatic rings. The number of carboxylic acids is 1. The molecule has 8 N–H and O–H groups in total. The van der Waals surface area contributed by atoms with E-state index in [1.54, 1.807) is 29.3 Å². The second kappa shape index (κ2) is 20.2. The van der Waals surface area contributed by atoms with Crippen LogP contribution in [0, 0.1) is 11.2 Å². The Morgan fingerprint density at radius 1 is 0.958 bits per heavy atom. The number of aromatic nitrogens is 1. The van der Waals surface area contributed by atoms with E-state index in [0.29, 0.717) is 49.0 Å². The van der Waals surface area contributed by atoms with Crippen LogP contribution in [0.15, 0.2) is 116 Å². The number of nitrogens with two attached hydrogens (primary N) is 1. The molecule has 3 aromatic carbocycles. The summed E-state index contributed by atoms with van der Waals surface area (Å²) in [5, 5.41) is 23.7. The average molecular weight is 1050 g/mol. The van der Waals surface area contributed by atoms with E-state index in [1.807, 2.05) is 4.90 Å². The maximum Gasteiger partial charge on any atom is 0.338 e. The molecule has 374 valence electrons. The number of amidine groups is 1. The number of hydrogen-bond donors (Lipinski definition) is 7. The largest absolute Gasteiger partial charge is 0.478 e. The van der Waals surface area contributed by atoms with Gasteiger partial charge in [-0.1, -0.05) is 29.8 Å². The number of esters is 1. The van der Waals surface area contributed by atoms with E-state index in [4.69, 9.17) is 36.9 Å². The standard InChI is InChI=1S/C47H42ClFN8O13S2/c1-69-47(62)38-35(54-44(34-5-2-3-15-52-34)55-39(38)27-10-8-25(49)22-31(27)48)23-56-17-19-57(20-18-56)36(58)6-4-16-53-45(59)24-7-9-26(30(21-24)46(60)61)37-28-11-13-32(50)42(71(63,64)65)40(28)70-41-29(37)12-14-33(51)43(41)72(66,67)68/h2-3,5,7-15,21-22,39,50H,4,6,16-20,23,51H2,1H3,(H,53,59)(H,54,55)(H,60,61)(H,63,64,65)(H,66,67,68). The molecule has 2 amide bonds. The molecule has 0 spiro atoms. The molecular weight excluding hydrogens is 1000 g/mol. The Labute approximate surface area is 414 Å². The van der Waals surface area contributed by atoms with Gasteiger partial charge in [0, 0.05) is 90.2 Å². The van der Waals surface area contributed by atoms with Gasteiger partial charge in [0.05, 0.1) is 29.3 Å². The van der Waals surface area contributed by atoms with Crippen LogP contribution in [-0.4, -0.2) is 122 Å². The number of ether oxygens (including phenoxy) is 1. The fourth-order valence-electron chi connectivity index (χ4n) is 8.61. The highest BCUT2D eigenvalue weighted by Gasteiger charge is 2.36. The predicted molar refractivity (Wildman–Crippen MR) is 257 cm³/mol. The summed E-state index contributed by atoms with van der Waals surface area (Å²) < 4.78 is 95.3. The van der Waals surface area contributed by atoms with Crippen LogP contribution in [0.4, 0.5) is 10.1 Å². The molecule has 1 atom stereocenters. The minimum Gasteiger partial charge on any atom is -0.478 e. The van der Waals surface area contributed by atoms with Gasteiger partial charge in [0.15, 0.2) is 27.0 Å². The summed E-state index contributed by atoms with van der Waals surface area (Å²) in [5.41, 5.74) is 4.94. The molecule has 3 aliphatic heterocycles. The van der Waals surface area contributed by atoms with Gasteiger partial charge < -0.3 is 35.5 Å². The Kier molecular flexibility index (Phi) is 14.3. The number of nitrogens with zero attached hydrogens (tertiary/aromatic N) is 4. The smallest absolute Gasteiger partial charge is 0.338 e. The molecule has 1 unspecified atom stereocenters.